The number of rotatable bonds is 5. The van der Waals surface area contributed by atoms with Gasteiger partial charge in [-0.15, -0.1) is 0 Å². The molecule has 0 atom stereocenters. The first-order valence-electron chi connectivity index (χ1n) is 8.03. The van der Waals surface area contributed by atoms with Crippen LogP contribution in [-0.4, -0.2) is 22.7 Å². The summed E-state index contributed by atoms with van der Waals surface area (Å²) in [7, 11) is 0. The number of aromatic amines is 1. The number of nitrogens with one attached hydrogen (secondary N) is 2. The highest BCUT2D eigenvalue weighted by atomic mass is 35.5. The summed E-state index contributed by atoms with van der Waals surface area (Å²) in [4.78, 5) is 12.4. The maximum absolute atomic E-state index is 13.3. The van der Waals surface area contributed by atoms with Gasteiger partial charge in [-0.05, 0) is 36.8 Å². The molecule has 3 aromatic rings. The van der Waals surface area contributed by atoms with E-state index in [1.165, 1.54) is 24.4 Å². The standard InChI is InChI=1S/C18H15ClF3N3O2/c1-2-27-13-4-3-10(14(7-13)18(20,21)22)8-23-17(26)11-5-12-9-24-25-16(12)15(19)6-11/h3-7,9H,2,8H2,1H3,(H,23,26)(H,24,25). The van der Waals surface area contributed by atoms with E-state index >= 15 is 0 Å². The van der Waals surface area contributed by atoms with E-state index in [0.29, 0.717) is 15.9 Å². The normalized spacial score (nSPS) is 11.6. The molecule has 0 unspecified atom stereocenters. The topological polar surface area (TPSA) is 67.0 Å². The third-order valence-corrected chi connectivity index (χ3v) is 4.20. The molecule has 0 radical (unpaired) electrons. The molecule has 3 rings (SSSR count). The summed E-state index contributed by atoms with van der Waals surface area (Å²) < 4.78 is 45.1. The third-order valence-electron chi connectivity index (χ3n) is 3.90. The van der Waals surface area contributed by atoms with E-state index in [-0.39, 0.29) is 30.0 Å². The first-order valence-corrected chi connectivity index (χ1v) is 8.41. The van der Waals surface area contributed by atoms with Gasteiger partial charge in [-0.25, -0.2) is 0 Å². The number of hydrogen-bond acceptors (Lipinski definition) is 3. The minimum absolute atomic E-state index is 0.0604. The molecule has 0 saturated carbocycles. The Bertz CT molecular complexity index is 986. The van der Waals surface area contributed by atoms with Gasteiger partial charge in [0, 0.05) is 17.5 Å². The van der Waals surface area contributed by atoms with Gasteiger partial charge in [0.1, 0.15) is 5.75 Å². The van der Waals surface area contributed by atoms with Crippen LogP contribution in [0.2, 0.25) is 5.02 Å². The van der Waals surface area contributed by atoms with Crippen LogP contribution in [0, 0.1) is 0 Å². The molecule has 0 bridgehead atoms. The summed E-state index contributed by atoms with van der Waals surface area (Å²) in [6, 6.07) is 6.65. The van der Waals surface area contributed by atoms with Crippen LogP contribution >= 0.6 is 11.6 Å². The number of halogens is 4. The zero-order valence-corrected chi connectivity index (χ0v) is 14.9. The van der Waals surface area contributed by atoms with Gasteiger partial charge < -0.3 is 10.1 Å². The molecule has 9 heteroatoms. The summed E-state index contributed by atoms with van der Waals surface area (Å²) in [5.74, 6) is -0.417. The van der Waals surface area contributed by atoms with Gasteiger partial charge in [-0.1, -0.05) is 17.7 Å². The van der Waals surface area contributed by atoms with E-state index in [2.05, 4.69) is 15.5 Å². The molecular formula is C18H15ClF3N3O2. The highest BCUT2D eigenvalue weighted by Gasteiger charge is 2.33. The number of alkyl halides is 3. The fourth-order valence-corrected chi connectivity index (χ4v) is 2.92. The molecular weight excluding hydrogens is 383 g/mol. The summed E-state index contributed by atoms with van der Waals surface area (Å²) in [5, 5.41) is 9.96. The summed E-state index contributed by atoms with van der Waals surface area (Å²) in [6.45, 7) is 1.65. The predicted octanol–water partition coefficient (Wildman–Crippen LogP) is 4.56. The van der Waals surface area contributed by atoms with Crippen LogP contribution in [0.15, 0.2) is 36.5 Å². The van der Waals surface area contributed by atoms with E-state index in [9.17, 15) is 18.0 Å². The highest BCUT2D eigenvalue weighted by molar-refractivity contribution is 6.35. The van der Waals surface area contributed by atoms with Crippen LogP contribution in [-0.2, 0) is 12.7 Å². The van der Waals surface area contributed by atoms with Crippen molar-refractivity contribution in [2.75, 3.05) is 6.61 Å². The van der Waals surface area contributed by atoms with Crippen LogP contribution in [0.25, 0.3) is 10.9 Å². The second-order valence-corrected chi connectivity index (χ2v) is 6.13. The first-order chi connectivity index (χ1) is 12.8. The van der Waals surface area contributed by atoms with Gasteiger partial charge in [0.15, 0.2) is 0 Å². The fraction of sp³-hybridized carbons (Fsp3) is 0.222. The Morgan fingerprint density at radius 3 is 2.78 bits per heavy atom. The molecule has 2 aromatic carbocycles. The van der Waals surface area contributed by atoms with Crippen LogP contribution in [0.3, 0.4) is 0 Å². The molecule has 0 spiro atoms. The second-order valence-electron chi connectivity index (χ2n) is 5.72. The van der Waals surface area contributed by atoms with Crippen molar-refractivity contribution in [1.82, 2.24) is 15.5 Å². The largest absolute Gasteiger partial charge is 0.494 e. The summed E-state index contributed by atoms with van der Waals surface area (Å²) in [5.41, 5.74) is -0.0978. The monoisotopic (exact) mass is 397 g/mol. The van der Waals surface area contributed by atoms with Crippen LogP contribution < -0.4 is 10.1 Å². The lowest BCUT2D eigenvalue weighted by Crippen LogP contribution is -2.24. The number of nitrogens with zero attached hydrogens (tertiary/aromatic N) is 1. The molecule has 27 heavy (non-hydrogen) atoms. The number of benzene rings is 2. The predicted molar refractivity (Wildman–Crippen MR) is 94.9 cm³/mol. The van der Waals surface area contributed by atoms with E-state index < -0.39 is 17.6 Å². The van der Waals surface area contributed by atoms with Gasteiger partial charge in [0.2, 0.25) is 0 Å². The number of amides is 1. The van der Waals surface area contributed by atoms with Gasteiger partial charge in [-0.3, -0.25) is 9.89 Å². The molecule has 0 aliphatic heterocycles. The average molecular weight is 398 g/mol. The molecule has 1 amide bonds. The van der Waals surface area contributed by atoms with Crippen LogP contribution in [0.4, 0.5) is 13.2 Å². The van der Waals surface area contributed by atoms with E-state index in [1.54, 1.807) is 13.0 Å². The van der Waals surface area contributed by atoms with E-state index in [0.717, 1.165) is 6.07 Å². The van der Waals surface area contributed by atoms with E-state index in [1.807, 2.05) is 0 Å². The van der Waals surface area contributed by atoms with Crippen molar-refractivity contribution >= 4 is 28.4 Å². The third kappa shape index (κ3) is 4.16. The van der Waals surface area contributed by atoms with Crippen molar-refractivity contribution in [2.24, 2.45) is 0 Å². The average Bonchev–Trinajstić information content (AvgIpc) is 3.09. The smallest absolute Gasteiger partial charge is 0.416 e. The lowest BCUT2D eigenvalue weighted by molar-refractivity contribution is -0.138. The second kappa shape index (κ2) is 7.48. The lowest BCUT2D eigenvalue weighted by atomic mass is 10.1. The van der Waals surface area contributed by atoms with E-state index in [4.69, 9.17) is 16.3 Å². The van der Waals surface area contributed by atoms with Crippen molar-refractivity contribution in [1.29, 1.82) is 0 Å². The van der Waals surface area contributed by atoms with Gasteiger partial charge in [0.25, 0.3) is 5.91 Å². The van der Waals surface area contributed by atoms with Gasteiger partial charge >= 0.3 is 6.18 Å². The number of fused-ring (bicyclic) bond motifs is 1. The van der Waals surface area contributed by atoms with Gasteiger partial charge in [0.05, 0.1) is 28.9 Å². The highest BCUT2D eigenvalue weighted by Crippen LogP contribution is 2.34. The molecule has 0 aliphatic rings. The van der Waals surface area contributed by atoms with Crippen LogP contribution in [0.5, 0.6) is 5.75 Å². The van der Waals surface area contributed by atoms with Gasteiger partial charge in [-0.2, -0.15) is 18.3 Å². The number of ether oxygens (including phenoxy) is 1. The number of aromatic nitrogens is 2. The molecule has 0 saturated heterocycles. The Kier molecular flexibility index (Phi) is 5.27. The minimum atomic E-state index is -4.56. The van der Waals surface area contributed by atoms with Crippen molar-refractivity contribution < 1.29 is 22.7 Å². The van der Waals surface area contributed by atoms with Crippen molar-refractivity contribution in [2.45, 2.75) is 19.6 Å². The number of hydrogen-bond donors (Lipinski definition) is 2. The zero-order chi connectivity index (χ0) is 19.6. The minimum Gasteiger partial charge on any atom is -0.494 e. The number of H-pyrrole nitrogens is 1. The van der Waals surface area contributed by atoms with Crippen molar-refractivity contribution in [3.63, 3.8) is 0 Å². The Labute approximate surface area is 157 Å². The molecule has 2 N–H and O–H groups in total. The number of carbonyl (C=O) groups is 1. The molecule has 5 nitrogen and oxygen atoms in total. The Hall–Kier alpha value is -2.74. The van der Waals surface area contributed by atoms with Crippen molar-refractivity contribution in [3.8, 4) is 5.75 Å². The van der Waals surface area contributed by atoms with Crippen molar-refractivity contribution in [3.05, 3.63) is 58.2 Å². The summed E-state index contributed by atoms with van der Waals surface area (Å²) in [6.07, 6.45) is -3.06. The molecule has 1 heterocycles. The SMILES string of the molecule is CCOc1ccc(CNC(=O)c2cc(Cl)c3[nH]ncc3c2)c(C(F)(F)F)c1. The lowest BCUT2D eigenvalue weighted by Gasteiger charge is -2.15. The van der Waals surface area contributed by atoms with Crippen LogP contribution in [0.1, 0.15) is 28.4 Å². The molecule has 142 valence electrons. The molecule has 1 aromatic heterocycles. The Morgan fingerprint density at radius 2 is 2.07 bits per heavy atom. The summed E-state index contributed by atoms with van der Waals surface area (Å²) >= 11 is 6.08. The number of carbonyl (C=O) groups excluding carboxylic acids is 1. The quantitative estimate of drug-likeness (QED) is 0.663. The Balaban J connectivity index is 1.81. The maximum atomic E-state index is 13.3. The molecule has 0 aliphatic carbocycles. The molecule has 0 fully saturated rings. The maximum Gasteiger partial charge on any atom is 0.416 e. The fourth-order valence-electron chi connectivity index (χ4n) is 2.65. The Morgan fingerprint density at radius 1 is 1.30 bits per heavy atom. The first kappa shape index (κ1) is 19.0. The zero-order valence-electron chi connectivity index (χ0n) is 14.2.